The average Bonchev–Trinajstić information content (AvgIpc) is 3.08. The maximum atomic E-state index is 11.8. The van der Waals surface area contributed by atoms with E-state index >= 15 is 0 Å². The SMILES string of the molecule is O=C(COc1ccc2c(c1Br)CCCC2)N/N=C\c1cccs1. The van der Waals surface area contributed by atoms with E-state index in [9.17, 15) is 4.79 Å². The first kappa shape index (κ1) is 16.2. The van der Waals surface area contributed by atoms with Gasteiger partial charge in [-0.3, -0.25) is 4.79 Å². The third-order valence-corrected chi connectivity index (χ3v) is 5.39. The number of thiophene rings is 1. The Morgan fingerprint density at radius 3 is 3.04 bits per heavy atom. The molecule has 3 rings (SSSR count). The Hall–Kier alpha value is -1.66. The van der Waals surface area contributed by atoms with Gasteiger partial charge in [-0.25, -0.2) is 5.43 Å². The Morgan fingerprint density at radius 1 is 1.35 bits per heavy atom. The van der Waals surface area contributed by atoms with Gasteiger partial charge in [0.25, 0.3) is 5.91 Å². The summed E-state index contributed by atoms with van der Waals surface area (Å²) < 4.78 is 6.60. The highest BCUT2D eigenvalue weighted by Gasteiger charge is 2.16. The van der Waals surface area contributed by atoms with Gasteiger partial charge < -0.3 is 4.74 Å². The summed E-state index contributed by atoms with van der Waals surface area (Å²) in [5.41, 5.74) is 5.16. The third kappa shape index (κ3) is 4.20. The predicted octanol–water partition coefficient (Wildman–Crippen LogP) is 3.92. The van der Waals surface area contributed by atoms with Crippen molar-refractivity contribution >= 4 is 39.4 Å². The molecule has 1 aliphatic carbocycles. The fraction of sp³-hybridized carbons (Fsp3) is 0.294. The second-order valence-electron chi connectivity index (χ2n) is 5.32. The van der Waals surface area contributed by atoms with Crippen LogP contribution >= 0.6 is 27.3 Å². The van der Waals surface area contributed by atoms with E-state index in [2.05, 4.69) is 32.5 Å². The van der Waals surface area contributed by atoms with Gasteiger partial charge in [0, 0.05) is 4.88 Å². The molecular weight excluding hydrogens is 376 g/mol. The van der Waals surface area contributed by atoms with Crippen LogP contribution in [0.25, 0.3) is 0 Å². The summed E-state index contributed by atoms with van der Waals surface area (Å²) in [4.78, 5) is 12.8. The zero-order valence-electron chi connectivity index (χ0n) is 12.5. The predicted molar refractivity (Wildman–Crippen MR) is 96.3 cm³/mol. The molecule has 1 aliphatic rings. The van der Waals surface area contributed by atoms with Crippen LogP contribution in [0.2, 0.25) is 0 Å². The molecule has 120 valence electrons. The van der Waals surface area contributed by atoms with E-state index in [1.54, 1.807) is 17.6 Å². The molecule has 1 heterocycles. The molecule has 1 amide bonds. The second-order valence-corrected chi connectivity index (χ2v) is 7.09. The van der Waals surface area contributed by atoms with Gasteiger partial charge in [-0.05, 0) is 70.3 Å². The van der Waals surface area contributed by atoms with Crippen LogP contribution in [0, 0.1) is 0 Å². The van der Waals surface area contributed by atoms with Crippen molar-refractivity contribution < 1.29 is 9.53 Å². The monoisotopic (exact) mass is 392 g/mol. The molecule has 1 aromatic heterocycles. The van der Waals surface area contributed by atoms with Crippen LogP contribution in [-0.4, -0.2) is 18.7 Å². The lowest BCUT2D eigenvalue weighted by atomic mass is 9.92. The van der Waals surface area contributed by atoms with Gasteiger partial charge in [-0.15, -0.1) is 11.3 Å². The Kier molecular flexibility index (Phi) is 5.46. The summed E-state index contributed by atoms with van der Waals surface area (Å²) in [7, 11) is 0. The van der Waals surface area contributed by atoms with Gasteiger partial charge in [0.05, 0.1) is 10.7 Å². The number of rotatable bonds is 5. The zero-order valence-corrected chi connectivity index (χ0v) is 15.0. The van der Waals surface area contributed by atoms with E-state index in [1.165, 1.54) is 24.0 Å². The number of fused-ring (bicyclic) bond motifs is 1. The number of hydrogen-bond acceptors (Lipinski definition) is 4. The summed E-state index contributed by atoms with van der Waals surface area (Å²) in [5.74, 6) is 0.436. The molecule has 0 unspecified atom stereocenters. The Bertz CT molecular complexity index is 714. The largest absolute Gasteiger partial charge is 0.483 e. The van der Waals surface area contributed by atoms with Crippen molar-refractivity contribution in [1.82, 2.24) is 5.43 Å². The topological polar surface area (TPSA) is 50.7 Å². The Balaban J connectivity index is 1.55. The summed E-state index contributed by atoms with van der Waals surface area (Å²) in [5, 5.41) is 5.87. The number of benzene rings is 1. The van der Waals surface area contributed by atoms with Crippen LogP contribution in [0.5, 0.6) is 5.75 Å². The summed E-state index contributed by atoms with van der Waals surface area (Å²) in [6.45, 7) is -0.0564. The first-order chi connectivity index (χ1) is 11.2. The number of hydrogen-bond donors (Lipinski definition) is 1. The lowest BCUT2D eigenvalue weighted by Crippen LogP contribution is -2.24. The zero-order chi connectivity index (χ0) is 16.1. The van der Waals surface area contributed by atoms with Crippen LogP contribution < -0.4 is 10.2 Å². The van der Waals surface area contributed by atoms with Crippen LogP contribution in [0.4, 0.5) is 0 Å². The molecule has 0 spiro atoms. The van der Waals surface area contributed by atoms with Crippen molar-refractivity contribution in [2.45, 2.75) is 25.7 Å². The highest BCUT2D eigenvalue weighted by Crippen LogP contribution is 2.35. The van der Waals surface area contributed by atoms with Gasteiger partial charge in [-0.1, -0.05) is 12.1 Å². The summed E-state index contributed by atoms with van der Waals surface area (Å²) >= 11 is 5.17. The summed E-state index contributed by atoms with van der Waals surface area (Å²) in [6.07, 6.45) is 6.24. The van der Waals surface area contributed by atoms with Crippen LogP contribution in [0.1, 0.15) is 28.8 Å². The molecule has 1 aromatic carbocycles. The standard InChI is InChI=1S/C17H17BrN2O2S/c18-17-14-6-2-1-4-12(14)7-8-15(17)22-11-16(21)20-19-10-13-5-3-9-23-13/h3,5,7-10H,1-2,4,6,11H2,(H,20,21)/b19-10-. The molecule has 0 bridgehead atoms. The lowest BCUT2D eigenvalue weighted by molar-refractivity contribution is -0.123. The number of carbonyl (C=O) groups excluding carboxylic acids is 1. The number of carbonyl (C=O) groups is 1. The van der Waals surface area contributed by atoms with Gasteiger partial charge in [0.15, 0.2) is 6.61 Å². The maximum absolute atomic E-state index is 11.8. The van der Waals surface area contributed by atoms with E-state index in [0.717, 1.165) is 22.2 Å². The highest BCUT2D eigenvalue weighted by molar-refractivity contribution is 9.10. The molecule has 23 heavy (non-hydrogen) atoms. The van der Waals surface area contributed by atoms with Crippen LogP contribution in [-0.2, 0) is 17.6 Å². The molecule has 0 radical (unpaired) electrons. The number of amides is 1. The minimum absolute atomic E-state index is 0.0564. The highest BCUT2D eigenvalue weighted by atomic mass is 79.9. The Morgan fingerprint density at radius 2 is 2.22 bits per heavy atom. The first-order valence-corrected chi connectivity index (χ1v) is 9.20. The first-order valence-electron chi connectivity index (χ1n) is 7.52. The van der Waals surface area contributed by atoms with Crippen molar-refractivity contribution in [2.75, 3.05) is 6.61 Å². The fourth-order valence-corrected chi connectivity index (χ4v) is 3.87. The Labute approximate surface area is 147 Å². The number of hydrazone groups is 1. The van der Waals surface area contributed by atoms with E-state index in [-0.39, 0.29) is 12.5 Å². The van der Waals surface area contributed by atoms with E-state index in [4.69, 9.17) is 4.74 Å². The van der Waals surface area contributed by atoms with Crippen molar-refractivity contribution in [1.29, 1.82) is 0 Å². The van der Waals surface area contributed by atoms with Crippen molar-refractivity contribution in [2.24, 2.45) is 5.10 Å². The number of ether oxygens (including phenoxy) is 1. The van der Waals surface area contributed by atoms with Crippen LogP contribution in [0.15, 0.2) is 39.2 Å². The number of nitrogens with one attached hydrogen (secondary N) is 1. The second kappa shape index (κ2) is 7.75. The minimum Gasteiger partial charge on any atom is -0.483 e. The third-order valence-electron chi connectivity index (χ3n) is 3.71. The molecule has 0 fully saturated rings. The van der Waals surface area contributed by atoms with Gasteiger partial charge in [-0.2, -0.15) is 5.10 Å². The van der Waals surface area contributed by atoms with Gasteiger partial charge in [0.1, 0.15) is 5.75 Å². The molecule has 0 saturated heterocycles. The smallest absolute Gasteiger partial charge is 0.277 e. The molecule has 0 aliphatic heterocycles. The quantitative estimate of drug-likeness (QED) is 0.619. The van der Waals surface area contributed by atoms with E-state index in [0.29, 0.717) is 5.75 Å². The molecule has 0 saturated carbocycles. The normalized spacial score (nSPS) is 13.8. The minimum atomic E-state index is -0.276. The average molecular weight is 393 g/mol. The van der Waals surface area contributed by atoms with Crippen molar-refractivity contribution in [3.63, 3.8) is 0 Å². The lowest BCUT2D eigenvalue weighted by Gasteiger charge is -2.19. The summed E-state index contributed by atoms with van der Waals surface area (Å²) in [6, 6.07) is 7.89. The molecular formula is C17H17BrN2O2S. The number of aryl methyl sites for hydroxylation is 1. The molecule has 4 nitrogen and oxygen atoms in total. The van der Waals surface area contributed by atoms with E-state index in [1.807, 2.05) is 23.6 Å². The fourth-order valence-electron chi connectivity index (χ4n) is 2.58. The molecule has 1 N–H and O–H groups in total. The van der Waals surface area contributed by atoms with Crippen LogP contribution in [0.3, 0.4) is 0 Å². The number of halogens is 1. The van der Waals surface area contributed by atoms with Crippen molar-refractivity contribution in [3.05, 3.63) is 50.1 Å². The maximum Gasteiger partial charge on any atom is 0.277 e. The van der Waals surface area contributed by atoms with Gasteiger partial charge >= 0.3 is 0 Å². The van der Waals surface area contributed by atoms with Gasteiger partial charge in [0.2, 0.25) is 0 Å². The number of nitrogens with zero attached hydrogens (tertiary/aromatic N) is 1. The van der Waals surface area contributed by atoms with Crippen molar-refractivity contribution in [3.8, 4) is 5.75 Å². The van der Waals surface area contributed by atoms with E-state index < -0.39 is 0 Å². The molecule has 2 aromatic rings. The molecule has 0 atom stereocenters. The molecule has 6 heteroatoms.